The van der Waals surface area contributed by atoms with Crippen molar-refractivity contribution in [3.8, 4) is 5.75 Å². The molecule has 2 rings (SSSR count). The van der Waals surface area contributed by atoms with Gasteiger partial charge in [0.2, 0.25) is 0 Å². The number of benzene rings is 2. The highest BCUT2D eigenvalue weighted by Gasteiger charge is 2.15. The van der Waals surface area contributed by atoms with Crippen LogP contribution in [0.2, 0.25) is 5.02 Å². The first kappa shape index (κ1) is 15.8. The first-order chi connectivity index (χ1) is 9.51. The van der Waals surface area contributed by atoms with Crippen molar-refractivity contribution in [3.63, 3.8) is 0 Å². The summed E-state index contributed by atoms with van der Waals surface area (Å²) >= 11 is 12.8. The summed E-state index contributed by atoms with van der Waals surface area (Å²) in [5, 5.41) is 11.0. The second kappa shape index (κ2) is 6.94. The third-order valence-electron chi connectivity index (χ3n) is 2.98. The van der Waals surface area contributed by atoms with Gasteiger partial charge in [-0.2, -0.15) is 0 Å². The summed E-state index contributed by atoms with van der Waals surface area (Å²) in [5.74, 6) is 0.761. The van der Waals surface area contributed by atoms with E-state index < -0.39 is 6.10 Å². The number of methoxy groups -OCH3 is 1. The van der Waals surface area contributed by atoms with E-state index in [1.54, 1.807) is 19.2 Å². The van der Waals surface area contributed by atoms with Crippen LogP contribution in [-0.2, 0) is 6.42 Å². The average molecular weight is 421 g/mol. The van der Waals surface area contributed by atoms with Gasteiger partial charge in [-0.25, -0.2) is 0 Å². The van der Waals surface area contributed by atoms with Crippen LogP contribution in [0.1, 0.15) is 17.2 Å². The fourth-order valence-corrected chi connectivity index (χ4v) is 3.35. The lowest BCUT2D eigenvalue weighted by Gasteiger charge is -2.15. The summed E-state index contributed by atoms with van der Waals surface area (Å²) in [4.78, 5) is 0. The van der Waals surface area contributed by atoms with E-state index in [9.17, 15) is 5.11 Å². The first-order valence-electron chi connectivity index (χ1n) is 5.96. The van der Waals surface area contributed by atoms with E-state index in [1.165, 1.54) is 0 Å². The Morgan fingerprint density at radius 1 is 1.20 bits per heavy atom. The van der Waals surface area contributed by atoms with Crippen molar-refractivity contribution >= 4 is 43.5 Å². The van der Waals surface area contributed by atoms with Crippen molar-refractivity contribution in [1.29, 1.82) is 0 Å². The molecular weight excluding hydrogens is 407 g/mol. The molecule has 0 heterocycles. The number of ether oxygens (including phenoxy) is 1. The standard InChI is InChI=1S/C15H13Br2ClO2/c1-20-15-5-2-10(16)6-9(15)7-14(19)12-4-3-11(18)8-13(12)17/h2-6,8,14,19H,7H2,1H3. The fourth-order valence-electron chi connectivity index (χ4n) is 2.00. The van der Waals surface area contributed by atoms with E-state index in [0.29, 0.717) is 11.4 Å². The van der Waals surface area contributed by atoms with Crippen LogP contribution in [-0.4, -0.2) is 12.2 Å². The predicted octanol–water partition coefficient (Wildman–Crippen LogP) is 5.15. The summed E-state index contributed by atoms with van der Waals surface area (Å²) < 4.78 is 7.07. The monoisotopic (exact) mass is 418 g/mol. The summed E-state index contributed by atoms with van der Waals surface area (Å²) in [6.07, 6.45) is -0.173. The van der Waals surface area contributed by atoms with Gasteiger partial charge in [0.1, 0.15) is 5.75 Å². The van der Waals surface area contributed by atoms with Gasteiger partial charge < -0.3 is 9.84 Å². The predicted molar refractivity (Wildman–Crippen MR) is 88.5 cm³/mol. The number of rotatable bonds is 4. The second-order valence-electron chi connectivity index (χ2n) is 4.34. The summed E-state index contributed by atoms with van der Waals surface area (Å²) in [5.41, 5.74) is 1.74. The smallest absolute Gasteiger partial charge is 0.122 e. The molecule has 2 aromatic rings. The molecule has 1 atom stereocenters. The maximum absolute atomic E-state index is 10.4. The number of hydrogen-bond acceptors (Lipinski definition) is 2. The lowest BCUT2D eigenvalue weighted by Crippen LogP contribution is -2.04. The van der Waals surface area contributed by atoms with Gasteiger partial charge in [-0.1, -0.05) is 49.5 Å². The highest BCUT2D eigenvalue weighted by molar-refractivity contribution is 9.10. The molecule has 5 heteroatoms. The Labute approximate surface area is 140 Å². The van der Waals surface area contributed by atoms with Gasteiger partial charge in [0.05, 0.1) is 13.2 Å². The van der Waals surface area contributed by atoms with Crippen molar-refractivity contribution in [2.75, 3.05) is 7.11 Å². The van der Waals surface area contributed by atoms with Gasteiger partial charge in [0.15, 0.2) is 0 Å². The molecule has 0 aromatic heterocycles. The number of hydrogen-bond donors (Lipinski definition) is 1. The van der Waals surface area contributed by atoms with Gasteiger partial charge in [-0.15, -0.1) is 0 Å². The zero-order chi connectivity index (χ0) is 14.7. The molecule has 1 N–H and O–H groups in total. The molecule has 0 radical (unpaired) electrons. The van der Waals surface area contributed by atoms with E-state index in [0.717, 1.165) is 25.8 Å². The summed E-state index contributed by atoms with van der Waals surface area (Å²) in [6, 6.07) is 11.1. The van der Waals surface area contributed by atoms with E-state index in [1.807, 2.05) is 24.3 Å². The minimum Gasteiger partial charge on any atom is -0.496 e. The molecule has 0 aliphatic heterocycles. The molecule has 0 bridgehead atoms. The van der Waals surface area contributed by atoms with Gasteiger partial charge in [0, 0.05) is 20.4 Å². The molecule has 0 fully saturated rings. The summed E-state index contributed by atoms with van der Waals surface area (Å²) in [7, 11) is 1.62. The lowest BCUT2D eigenvalue weighted by molar-refractivity contribution is 0.176. The van der Waals surface area contributed by atoms with Crippen molar-refractivity contribution in [2.24, 2.45) is 0 Å². The van der Waals surface area contributed by atoms with Gasteiger partial charge in [0.25, 0.3) is 0 Å². The van der Waals surface area contributed by atoms with Gasteiger partial charge >= 0.3 is 0 Å². The third-order valence-corrected chi connectivity index (χ3v) is 4.39. The number of aliphatic hydroxyl groups excluding tert-OH is 1. The van der Waals surface area contributed by atoms with Crippen LogP contribution >= 0.6 is 43.5 Å². The first-order valence-corrected chi connectivity index (χ1v) is 7.93. The van der Waals surface area contributed by atoms with Gasteiger partial charge in [-0.3, -0.25) is 0 Å². The van der Waals surface area contributed by atoms with Crippen LogP contribution in [0, 0.1) is 0 Å². The Bertz CT molecular complexity index is 617. The Kier molecular flexibility index (Phi) is 5.49. The molecule has 0 saturated heterocycles. The maximum Gasteiger partial charge on any atom is 0.122 e. The Morgan fingerprint density at radius 2 is 1.95 bits per heavy atom. The lowest BCUT2D eigenvalue weighted by atomic mass is 10.0. The van der Waals surface area contributed by atoms with Crippen molar-refractivity contribution in [2.45, 2.75) is 12.5 Å². The minimum absolute atomic E-state index is 0.461. The molecule has 0 saturated carbocycles. The Morgan fingerprint density at radius 3 is 2.60 bits per heavy atom. The average Bonchev–Trinajstić information content (AvgIpc) is 2.38. The number of aliphatic hydroxyl groups is 1. The van der Waals surface area contributed by atoms with Crippen molar-refractivity contribution in [1.82, 2.24) is 0 Å². The normalized spacial score (nSPS) is 12.2. The highest BCUT2D eigenvalue weighted by atomic mass is 79.9. The minimum atomic E-state index is -0.634. The highest BCUT2D eigenvalue weighted by Crippen LogP contribution is 2.32. The van der Waals surface area contributed by atoms with E-state index >= 15 is 0 Å². The zero-order valence-electron chi connectivity index (χ0n) is 10.7. The van der Waals surface area contributed by atoms with Crippen LogP contribution in [0.3, 0.4) is 0 Å². The molecule has 1 unspecified atom stereocenters. The molecule has 2 nitrogen and oxygen atoms in total. The van der Waals surface area contributed by atoms with Crippen LogP contribution < -0.4 is 4.74 Å². The van der Waals surface area contributed by atoms with Crippen LogP contribution in [0.5, 0.6) is 5.75 Å². The topological polar surface area (TPSA) is 29.5 Å². The van der Waals surface area contributed by atoms with Crippen molar-refractivity contribution < 1.29 is 9.84 Å². The third kappa shape index (κ3) is 3.76. The molecule has 0 aliphatic carbocycles. The summed E-state index contributed by atoms with van der Waals surface area (Å²) in [6.45, 7) is 0. The molecular formula is C15H13Br2ClO2. The van der Waals surface area contributed by atoms with Crippen LogP contribution in [0.25, 0.3) is 0 Å². The Balaban J connectivity index is 2.27. The molecule has 106 valence electrons. The van der Waals surface area contributed by atoms with Crippen molar-refractivity contribution in [3.05, 3.63) is 61.5 Å². The quantitative estimate of drug-likeness (QED) is 0.741. The molecule has 0 aliphatic rings. The van der Waals surface area contributed by atoms with Gasteiger partial charge in [-0.05, 0) is 41.5 Å². The molecule has 2 aromatic carbocycles. The number of halogens is 3. The fraction of sp³-hybridized carbons (Fsp3) is 0.200. The molecule has 0 amide bonds. The Hall–Kier alpha value is -0.550. The second-order valence-corrected chi connectivity index (χ2v) is 6.55. The van der Waals surface area contributed by atoms with E-state index in [4.69, 9.17) is 16.3 Å². The zero-order valence-corrected chi connectivity index (χ0v) is 14.7. The largest absolute Gasteiger partial charge is 0.496 e. The molecule has 20 heavy (non-hydrogen) atoms. The van der Waals surface area contributed by atoms with Crippen LogP contribution in [0.15, 0.2) is 45.3 Å². The van der Waals surface area contributed by atoms with E-state index in [2.05, 4.69) is 31.9 Å². The SMILES string of the molecule is COc1ccc(Br)cc1CC(O)c1ccc(Cl)cc1Br. The van der Waals surface area contributed by atoms with Crippen LogP contribution in [0.4, 0.5) is 0 Å². The molecule has 0 spiro atoms. The van der Waals surface area contributed by atoms with E-state index in [-0.39, 0.29) is 0 Å². The maximum atomic E-state index is 10.4.